The second-order valence-electron chi connectivity index (χ2n) is 5.69. The Balaban J connectivity index is 2.11. The van der Waals surface area contributed by atoms with Gasteiger partial charge in [-0.3, -0.25) is 4.79 Å². The lowest BCUT2D eigenvalue weighted by molar-refractivity contribution is -0.117. The third-order valence-corrected chi connectivity index (χ3v) is 4.05. The number of hydrogen-bond acceptors (Lipinski definition) is 4. The molecule has 0 fully saturated rings. The van der Waals surface area contributed by atoms with E-state index in [1.165, 1.54) is 0 Å². The molecule has 25 heavy (non-hydrogen) atoms. The topological polar surface area (TPSA) is 59.6 Å². The van der Waals surface area contributed by atoms with Crippen molar-refractivity contribution in [2.45, 2.75) is 19.3 Å². The van der Waals surface area contributed by atoms with Crippen molar-refractivity contribution in [1.29, 1.82) is 0 Å². The molecule has 2 rings (SSSR count). The summed E-state index contributed by atoms with van der Waals surface area (Å²) >= 11 is 0. The van der Waals surface area contributed by atoms with Crippen molar-refractivity contribution in [3.05, 3.63) is 54.1 Å². The van der Waals surface area contributed by atoms with Crippen LogP contribution < -0.4 is 15.4 Å². The zero-order chi connectivity index (χ0) is 18.1. The number of hydrogen-bond donors (Lipinski definition) is 2. The monoisotopic (exact) mass is 342 g/mol. The first kappa shape index (κ1) is 18.8. The molecule has 0 saturated heterocycles. The smallest absolute Gasteiger partial charge is 0.231 e. The molecule has 0 aliphatic rings. The van der Waals surface area contributed by atoms with Gasteiger partial charge in [-0.2, -0.15) is 0 Å². The largest absolute Gasteiger partial charge is 0.497 e. The van der Waals surface area contributed by atoms with Gasteiger partial charge in [0.15, 0.2) is 0 Å². The van der Waals surface area contributed by atoms with Crippen molar-refractivity contribution in [1.82, 2.24) is 0 Å². The van der Waals surface area contributed by atoms with Crippen LogP contribution in [0.5, 0.6) is 5.75 Å². The maximum Gasteiger partial charge on any atom is 0.231 e. The Morgan fingerprint density at radius 1 is 1.04 bits per heavy atom. The average molecular weight is 342 g/mol. The van der Waals surface area contributed by atoms with Gasteiger partial charge in [0.1, 0.15) is 5.75 Å². The number of rotatable bonds is 9. The number of anilines is 2. The summed E-state index contributed by atoms with van der Waals surface area (Å²) in [5, 5.41) is 6.32. The molecule has 0 saturated carbocycles. The van der Waals surface area contributed by atoms with Gasteiger partial charge < -0.3 is 20.1 Å². The Morgan fingerprint density at radius 3 is 2.32 bits per heavy atom. The third kappa shape index (κ3) is 5.22. The first-order valence-electron chi connectivity index (χ1n) is 8.46. The number of benzene rings is 2. The summed E-state index contributed by atoms with van der Waals surface area (Å²) in [5.74, 6) is 0.554. The number of ether oxygens (including phenoxy) is 2. The number of para-hydroxylation sites is 2. The predicted molar refractivity (Wildman–Crippen MR) is 101 cm³/mol. The molecule has 2 N–H and O–H groups in total. The van der Waals surface area contributed by atoms with E-state index in [0.717, 1.165) is 29.1 Å². The van der Waals surface area contributed by atoms with Crippen LogP contribution in [0.15, 0.2) is 48.5 Å². The zero-order valence-corrected chi connectivity index (χ0v) is 15.0. The van der Waals surface area contributed by atoms with Crippen LogP contribution in [0, 0.1) is 0 Å². The van der Waals surface area contributed by atoms with E-state index in [2.05, 4.69) is 10.6 Å². The highest BCUT2D eigenvalue weighted by molar-refractivity contribution is 5.98. The normalized spacial score (nSPS) is 11.6. The minimum atomic E-state index is -0.210. The van der Waals surface area contributed by atoms with Crippen molar-refractivity contribution in [3.8, 4) is 5.75 Å². The van der Waals surface area contributed by atoms with E-state index >= 15 is 0 Å². The van der Waals surface area contributed by atoms with Crippen molar-refractivity contribution < 1.29 is 14.3 Å². The molecule has 0 aliphatic heterocycles. The summed E-state index contributed by atoms with van der Waals surface area (Å²) in [6.45, 7) is 3.29. The van der Waals surface area contributed by atoms with E-state index in [4.69, 9.17) is 9.47 Å². The lowest BCUT2D eigenvalue weighted by Crippen LogP contribution is -2.21. The molecular formula is C20H26N2O3. The molecule has 1 amide bonds. The van der Waals surface area contributed by atoms with Gasteiger partial charge in [-0.1, -0.05) is 31.2 Å². The van der Waals surface area contributed by atoms with Crippen LogP contribution >= 0.6 is 0 Å². The number of amides is 1. The van der Waals surface area contributed by atoms with Gasteiger partial charge in [0.2, 0.25) is 5.91 Å². The number of nitrogens with one attached hydrogen (secondary N) is 2. The van der Waals surface area contributed by atoms with Gasteiger partial charge in [-0.15, -0.1) is 0 Å². The quantitative estimate of drug-likeness (QED) is 0.679. The Morgan fingerprint density at radius 2 is 1.72 bits per heavy atom. The van der Waals surface area contributed by atoms with Gasteiger partial charge in [-0.05, 0) is 36.2 Å². The fraction of sp³-hybridized carbons (Fsp3) is 0.350. The second kappa shape index (κ2) is 9.69. The lowest BCUT2D eigenvalue weighted by atomic mass is 9.95. The van der Waals surface area contributed by atoms with Crippen LogP contribution in [0.3, 0.4) is 0 Å². The summed E-state index contributed by atoms with van der Waals surface area (Å²) < 4.78 is 10.2. The molecule has 0 heterocycles. The fourth-order valence-electron chi connectivity index (χ4n) is 2.66. The van der Waals surface area contributed by atoms with Crippen LogP contribution in [-0.4, -0.2) is 33.3 Å². The molecular weight excluding hydrogens is 316 g/mol. The Labute approximate surface area is 149 Å². The molecule has 0 radical (unpaired) electrons. The molecule has 0 unspecified atom stereocenters. The van der Waals surface area contributed by atoms with Crippen molar-refractivity contribution in [2.75, 3.05) is 38.0 Å². The first-order valence-corrected chi connectivity index (χ1v) is 8.46. The number of carbonyl (C=O) groups is 1. The highest BCUT2D eigenvalue weighted by Gasteiger charge is 2.19. The standard InChI is InChI=1S/C20H26N2O3/c1-4-17(15-9-11-16(25-3)12-10-15)20(23)22-19-8-6-5-7-18(19)21-13-14-24-2/h5-12,17,21H,4,13-14H2,1-3H3,(H,22,23)/t17-/m0/s1. The van der Waals surface area contributed by atoms with Gasteiger partial charge in [-0.25, -0.2) is 0 Å². The SMILES string of the molecule is CC[C@H](C(=O)Nc1ccccc1NCCOC)c1ccc(OC)cc1. The summed E-state index contributed by atoms with van der Waals surface area (Å²) in [7, 11) is 3.29. The van der Waals surface area contributed by atoms with E-state index in [-0.39, 0.29) is 11.8 Å². The third-order valence-electron chi connectivity index (χ3n) is 4.05. The summed E-state index contributed by atoms with van der Waals surface area (Å²) in [6, 6.07) is 15.3. The molecule has 5 nitrogen and oxygen atoms in total. The van der Waals surface area contributed by atoms with Crippen LogP contribution in [0.4, 0.5) is 11.4 Å². The van der Waals surface area contributed by atoms with Crippen LogP contribution in [0.1, 0.15) is 24.8 Å². The zero-order valence-electron chi connectivity index (χ0n) is 15.0. The maximum atomic E-state index is 12.8. The minimum absolute atomic E-state index is 0.0198. The average Bonchev–Trinajstić information content (AvgIpc) is 2.64. The van der Waals surface area contributed by atoms with E-state index < -0.39 is 0 Å². The lowest BCUT2D eigenvalue weighted by Gasteiger charge is -2.18. The fourth-order valence-corrected chi connectivity index (χ4v) is 2.66. The van der Waals surface area contributed by atoms with Crippen LogP contribution in [-0.2, 0) is 9.53 Å². The highest BCUT2D eigenvalue weighted by atomic mass is 16.5. The van der Waals surface area contributed by atoms with E-state index in [0.29, 0.717) is 13.2 Å². The summed E-state index contributed by atoms with van der Waals surface area (Å²) in [6.07, 6.45) is 0.720. The Hall–Kier alpha value is -2.53. The van der Waals surface area contributed by atoms with Gasteiger partial charge in [0.05, 0.1) is 31.0 Å². The van der Waals surface area contributed by atoms with E-state index in [9.17, 15) is 4.79 Å². The van der Waals surface area contributed by atoms with Crippen molar-refractivity contribution in [2.24, 2.45) is 0 Å². The van der Waals surface area contributed by atoms with E-state index in [1.54, 1.807) is 14.2 Å². The maximum absolute atomic E-state index is 12.8. The molecule has 0 spiro atoms. The molecule has 2 aromatic rings. The van der Waals surface area contributed by atoms with Gasteiger partial charge >= 0.3 is 0 Å². The predicted octanol–water partition coefficient (Wildman–Crippen LogP) is 3.89. The van der Waals surface area contributed by atoms with Crippen molar-refractivity contribution in [3.63, 3.8) is 0 Å². The number of carbonyl (C=O) groups excluding carboxylic acids is 1. The second-order valence-corrected chi connectivity index (χ2v) is 5.69. The minimum Gasteiger partial charge on any atom is -0.497 e. The molecule has 0 bridgehead atoms. The first-order chi connectivity index (χ1) is 12.2. The summed E-state index contributed by atoms with van der Waals surface area (Å²) in [5.41, 5.74) is 2.64. The van der Waals surface area contributed by atoms with Crippen molar-refractivity contribution >= 4 is 17.3 Å². The molecule has 1 atom stereocenters. The Kier molecular flexibility index (Phi) is 7.29. The van der Waals surface area contributed by atoms with Crippen LogP contribution in [0.25, 0.3) is 0 Å². The number of methoxy groups -OCH3 is 2. The summed E-state index contributed by atoms with van der Waals surface area (Å²) in [4.78, 5) is 12.8. The molecule has 0 aromatic heterocycles. The molecule has 5 heteroatoms. The Bertz CT molecular complexity index is 671. The molecule has 2 aromatic carbocycles. The van der Waals surface area contributed by atoms with Crippen LogP contribution in [0.2, 0.25) is 0 Å². The highest BCUT2D eigenvalue weighted by Crippen LogP contribution is 2.26. The molecule has 134 valence electrons. The molecule has 0 aliphatic carbocycles. The van der Waals surface area contributed by atoms with E-state index in [1.807, 2.05) is 55.5 Å². The van der Waals surface area contributed by atoms with Gasteiger partial charge in [0.25, 0.3) is 0 Å². The van der Waals surface area contributed by atoms with Gasteiger partial charge in [0, 0.05) is 13.7 Å².